The van der Waals surface area contributed by atoms with Crippen molar-refractivity contribution >= 4 is 35.0 Å². The summed E-state index contributed by atoms with van der Waals surface area (Å²) < 4.78 is 0. The maximum Gasteiger partial charge on any atom is 0.323 e. The lowest BCUT2D eigenvalue weighted by molar-refractivity contribution is 0.262. The number of amides is 2. The third kappa shape index (κ3) is 4.58. The minimum atomic E-state index is -0.387. The van der Waals surface area contributed by atoms with E-state index in [2.05, 4.69) is 37.4 Å². The number of rotatable bonds is 3. The third-order valence-electron chi connectivity index (χ3n) is 4.05. The van der Waals surface area contributed by atoms with E-state index >= 15 is 0 Å². The Morgan fingerprint density at radius 1 is 1.12 bits per heavy atom. The molecule has 3 rings (SSSR count). The molecule has 1 aromatic carbocycles. The third-order valence-corrected chi connectivity index (χ3v) is 4.37. The number of likely N-dealkylation sites (N-methyl/N-ethyl adjacent to an activating group) is 1. The first-order valence-electron chi connectivity index (χ1n) is 8.11. The van der Waals surface area contributed by atoms with Crippen LogP contribution < -0.4 is 15.5 Å². The number of anilines is 3. The summed E-state index contributed by atoms with van der Waals surface area (Å²) in [6.45, 7) is 5.71. The van der Waals surface area contributed by atoms with Crippen LogP contribution >= 0.6 is 11.6 Å². The second-order valence-corrected chi connectivity index (χ2v) is 6.53. The van der Waals surface area contributed by atoms with Crippen molar-refractivity contribution < 1.29 is 4.79 Å². The van der Waals surface area contributed by atoms with Crippen LogP contribution in [0.3, 0.4) is 0 Å². The van der Waals surface area contributed by atoms with Crippen molar-refractivity contribution in [1.82, 2.24) is 14.9 Å². The number of piperazine rings is 1. The largest absolute Gasteiger partial charge is 0.338 e. The van der Waals surface area contributed by atoms with Gasteiger partial charge >= 0.3 is 6.03 Å². The fourth-order valence-corrected chi connectivity index (χ4v) is 2.84. The zero-order chi connectivity index (χ0) is 17.8. The molecule has 2 heterocycles. The number of hydrogen-bond donors (Lipinski definition) is 2. The minimum absolute atomic E-state index is 0.387. The molecule has 2 aromatic rings. The molecule has 2 N–H and O–H groups in total. The molecule has 8 heteroatoms. The van der Waals surface area contributed by atoms with Gasteiger partial charge in [0.05, 0.1) is 28.8 Å². The van der Waals surface area contributed by atoms with E-state index in [-0.39, 0.29) is 6.03 Å². The Balaban J connectivity index is 1.58. The van der Waals surface area contributed by atoms with Crippen molar-refractivity contribution in [2.75, 3.05) is 48.8 Å². The van der Waals surface area contributed by atoms with E-state index in [4.69, 9.17) is 11.6 Å². The van der Waals surface area contributed by atoms with E-state index in [1.54, 1.807) is 24.5 Å². The van der Waals surface area contributed by atoms with E-state index in [1.165, 1.54) is 0 Å². The van der Waals surface area contributed by atoms with Gasteiger partial charge < -0.3 is 20.4 Å². The average molecular weight is 361 g/mol. The highest BCUT2D eigenvalue weighted by Gasteiger charge is 2.16. The van der Waals surface area contributed by atoms with Crippen LogP contribution in [0.15, 0.2) is 30.6 Å². The number of carbonyl (C=O) groups is 1. The van der Waals surface area contributed by atoms with Crippen molar-refractivity contribution in [3.05, 3.63) is 41.2 Å². The number of urea groups is 1. The number of benzene rings is 1. The molecule has 1 aromatic heterocycles. The van der Waals surface area contributed by atoms with Crippen LogP contribution in [0.25, 0.3) is 0 Å². The molecular formula is C17H21ClN6O. The first-order valence-corrected chi connectivity index (χ1v) is 8.49. The van der Waals surface area contributed by atoms with Crippen LogP contribution in [0.4, 0.5) is 22.1 Å². The first kappa shape index (κ1) is 17.4. The van der Waals surface area contributed by atoms with Crippen LogP contribution in [0, 0.1) is 6.92 Å². The molecular weight excluding hydrogens is 340 g/mol. The molecule has 1 saturated heterocycles. The molecule has 0 atom stereocenters. The van der Waals surface area contributed by atoms with Gasteiger partial charge in [-0.15, -0.1) is 0 Å². The summed E-state index contributed by atoms with van der Waals surface area (Å²) in [6.07, 6.45) is 3.22. The fraction of sp³-hybridized carbons (Fsp3) is 0.353. The van der Waals surface area contributed by atoms with Gasteiger partial charge in [-0.25, -0.2) is 14.8 Å². The van der Waals surface area contributed by atoms with Gasteiger partial charge in [0, 0.05) is 26.2 Å². The molecule has 0 bridgehead atoms. The van der Waals surface area contributed by atoms with Crippen molar-refractivity contribution in [3.8, 4) is 0 Å². The molecule has 0 unspecified atom stereocenters. The Bertz CT molecular complexity index is 743. The highest BCUT2D eigenvalue weighted by Crippen LogP contribution is 2.23. The molecule has 132 valence electrons. The summed E-state index contributed by atoms with van der Waals surface area (Å²) in [5.74, 6) is 0.681. The molecule has 2 amide bonds. The lowest BCUT2D eigenvalue weighted by atomic mass is 10.2. The summed E-state index contributed by atoms with van der Waals surface area (Å²) in [7, 11) is 2.10. The van der Waals surface area contributed by atoms with Crippen molar-refractivity contribution in [3.63, 3.8) is 0 Å². The van der Waals surface area contributed by atoms with Crippen molar-refractivity contribution in [2.24, 2.45) is 0 Å². The fourth-order valence-electron chi connectivity index (χ4n) is 2.56. The topological polar surface area (TPSA) is 73.4 Å². The molecule has 7 nitrogen and oxygen atoms in total. The quantitative estimate of drug-likeness (QED) is 0.880. The lowest BCUT2D eigenvalue weighted by Crippen LogP contribution is -2.45. The van der Waals surface area contributed by atoms with E-state index in [9.17, 15) is 4.79 Å². The van der Waals surface area contributed by atoms with E-state index < -0.39 is 0 Å². The second-order valence-electron chi connectivity index (χ2n) is 6.12. The Kier molecular flexibility index (Phi) is 5.35. The molecule has 0 saturated carbocycles. The van der Waals surface area contributed by atoms with Gasteiger partial charge in [-0.2, -0.15) is 0 Å². The van der Waals surface area contributed by atoms with Gasteiger partial charge in [-0.1, -0.05) is 17.7 Å². The Hall–Kier alpha value is -2.38. The highest BCUT2D eigenvalue weighted by molar-refractivity contribution is 6.33. The van der Waals surface area contributed by atoms with Gasteiger partial charge in [0.15, 0.2) is 0 Å². The Labute approximate surface area is 152 Å². The molecule has 1 aliphatic rings. The van der Waals surface area contributed by atoms with Crippen LogP contribution in [0.1, 0.15) is 5.56 Å². The lowest BCUT2D eigenvalue weighted by Gasteiger charge is -2.32. The summed E-state index contributed by atoms with van der Waals surface area (Å²) in [5.41, 5.74) is 2.11. The number of hydrogen-bond acceptors (Lipinski definition) is 5. The van der Waals surface area contributed by atoms with Gasteiger partial charge in [0.1, 0.15) is 0 Å². The standard InChI is InChI=1S/C17H21ClN6O/c1-12-3-4-15(14(18)9-12)22-17(25)21-13-10-19-16(20-11-13)24-7-5-23(2)6-8-24/h3-4,9-11H,5-8H2,1-2H3,(H2,21,22,25). The smallest absolute Gasteiger partial charge is 0.323 e. The molecule has 1 fully saturated rings. The molecule has 0 aliphatic carbocycles. The monoisotopic (exact) mass is 360 g/mol. The molecule has 0 radical (unpaired) electrons. The van der Waals surface area contributed by atoms with Crippen LogP contribution in [0.5, 0.6) is 0 Å². The number of carbonyl (C=O) groups excluding carboxylic acids is 1. The second kappa shape index (κ2) is 7.67. The maximum atomic E-state index is 12.1. The van der Waals surface area contributed by atoms with Gasteiger partial charge in [0.2, 0.25) is 5.95 Å². The Morgan fingerprint density at radius 2 is 1.80 bits per heavy atom. The first-order chi connectivity index (χ1) is 12.0. The Morgan fingerprint density at radius 3 is 2.44 bits per heavy atom. The highest BCUT2D eigenvalue weighted by atomic mass is 35.5. The molecule has 1 aliphatic heterocycles. The zero-order valence-electron chi connectivity index (χ0n) is 14.3. The van der Waals surface area contributed by atoms with Crippen molar-refractivity contribution in [1.29, 1.82) is 0 Å². The number of aromatic nitrogens is 2. The van der Waals surface area contributed by atoms with Crippen LogP contribution in [-0.4, -0.2) is 54.1 Å². The SMILES string of the molecule is Cc1ccc(NC(=O)Nc2cnc(N3CCN(C)CC3)nc2)c(Cl)c1. The van der Waals surface area contributed by atoms with E-state index in [1.807, 2.05) is 13.0 Å². The molecule has 25 heavy (non-hydrogen) atoms. The summed E-state index contributed by atoms with van der Waals surface area (Å²) in [5, 5.41) is 5.92. The predicted octanol–water partition coefficient (Wildman–Crippen LogP) is 2.83. The van der Waals surface area contributed by atoms with Gasteiger partial charge in [-0.3, -0.25) is 0 Å². The minimum Gasteiger partial charge on any atom is -0.338 e. The zero-order valence-corrected chi connectivity index (χ0v) is 15.0. The average Bonchev–Trinajstić information content (AvgIpc) is 2.59. The summed E-state index contributed by atoms with van der Waals surface area (Å²) in [4.78, 5) is 25.2. The van der Waals surface area contributed by atoms with E-state index in [0.717, 1.165) is 31.7 Å². The summed E-state index contributed by atoms with van der Waals surface area (Å²) in [6, 6.07) is 5.06. The van der Waals surface area contributed by atoms with Crippen LogP contribution in [0.2, 0.25) is 5.02 Å². The number of nitrogens with one attached hydrogen (secondary N) is 2. The maximum absolute atomic E-state index is 12.1. The number of nitrogens with zero attached hydrogens (tertiary/aromatic N) is 4. The normalized spacial score (nSPS) is 15.1. The van der Waals surface area contributed by atoms with Crippen LogP contribution in [-0.2, 0) is 0 Å². The van der Waals surface area contributed by atoms with E-state index in [0.29, 0.717) is 22.3 Å². The molecule has 0 spiro atoms. The van der Waals surface area contributed by atoms with Gasteiger partial charge in [-0.05, 0) is 31.7 Å². The van der Waals surface area contributed by atoms with Gasteiger partial charge in [0.25, 0.3) is 0 Å². The number of aryl methyl sites for hydroxylation is 1. The predicted molar refractivity (Wildman–Crippen MR) is 101 cm³/mol. The van der Waals surface area contributed by atoms with Crippen molar-refractivity contribution in [2.45, 2.75) is 6.92 Å². The number of halogens is 1. The summed E-state index contributed by atoms with van der Waals surface area (Å²) >= 11 is 6.12.